The molecule has 1 fully saturated rings. The lowest BCUT2D eigenvalue weighted by atomic mass is 10.1. The van der Waals surface area contributed by atoms with Gasteiger partial charge in [-0.05, 0) is 62.1 Å². The summed E-state index contributed by atoms with van der Waals surface area (Å²) in [5.41, 5.74) is 4.49. The van der Waals surface area contributed by atoms with E-state index in [1.807, 2.05) is 61.2 Å². The first-order valence-electron chi connectivity index (χ1n) is 10.0. The van der Waals surface area contributed by atoms with Gasteiger partial charge in [-0.3, -0.25) is 9.59 Å². The summed E-state index contributed by atoms with van der Waals surface area (Å²) in [7, 11) is 0. The minimum absolute atomic E-state index is 0.0744. The van der Waals surface area contributed by atoms with E-state index in [4.69, 9.17) is 0 Å². The van der Waals surface area contributed by atoms with Gasteiger partial charge >= 0.3 is 0 Å². The molecule has 0 aliphatic carbocycles. The highest BCUT2D eigenvalue weighted by molar-refractivity contribution is 5.96. The van der Waals surface area contributed by atoms with Crippen LogP contribution in [0.4, 0.5) is 11.4 Å². The zero-order valence-electron chi connectivity index (χ0n) is 16.8. The van der Waals surface area contributed by atoms with Crippen LogP contribution in [0, 0.1) is 13.8 Å². The van der Waals surface area contributed by atoms with Crippen LogP contribution in [0.1, 0.15) is 47.2 Å². The first-order valence-corrected chi connectivity index (χ1v) is 10.0. The van der Waals surface area contributed by atoms with Crippen molar-refractivity contribution in [3.8, 4) is 0 Å². The van der Waals surface area contributed by atoms with Crippen molar-refractivity contribution in [3.05, 3.63) is 59.2 Å². The Labute approximate surface area is 167 Å². The van der Waals surface area contributed by atoms with Crippen molar-refractivity contribution in [2.45, 2.75) is 39.5 Å². The molecule has 0 saturated carbocycles. The molecule has 2 aromatic carbocycles. The molecular formula is C23H29N3O2. The second kappa shape index (κ2) is 9.40. The molecule has 0 radical (unpaired) electrons. The van der Waals surface area contributed by atoms with E-state index < -0.39 is 0 Å². The Morgan fingerprint density at radius 1 is 0.964 bits per heavy atom. The molecule has 0 bridgehead atoms. The highest BCUT2D eigenvalue weighted by Gasteiger charge is 2.17. The van der Waals surface area contributed by atoms with E-state index in [1.54, 1.807) is 0 Å². The normalized spacial score (nSPS) is 14.3. The van der Waals surface area contributed by atoms with Gasteiger partial charge in [-0.25, -0.2) is 0 Å². The molecular weight excluding hydrogens is 350 g/mol. The van der Waals surface area contributed by atoms with E-state index in [2.05, 4.69) is 10.6 Å². The van der Waals surface area contributed by atoms with Gasteiger partial charge in [-0.1, -0.05) is 31.0 Å². The molecule has 1 heterocycles. The molecule has 2 N–H and O–H groups in total. The summed E-state index contributed by atoms with van der Waals surface area (Å²) < 4.78 is 0. The van der Waals surface area contributed by atoms with Crippen LogP contribution in [0.2, 0.25) is 0 Å². The number of hydrogen-bond donors (Lipinski definition) is 2. The molecule has 1 aliphatic heterocycles. The van der Waals surface area contributed by atoms with Crippen LogP contribution < -0.4 is 10.6 Å². The highest BCUT2D eigenvalue weighted by Crippen LogP contribution is 2.19. The number of nitrogens with zero attached hydrogens (tertiary/aromatic N) is 1. The van der Waals surface area contributed by atoms with E-state index in [9.17, 15) is 9.59 Å². The van der Waals surface area contributed by atoms with E-state index >= 15 is 0 Å². The van der Waals surface area contributed by atoms with Crippen LogP contribution in [0.25, 0.3) is 0 Å². The second-order valence-electron chi connectivity index (χ2n) is 7.44. The minimum Gasteiger partial charge on any atom is -0.376 e. The number of anilines is 2. The third-order valence-corrected chi connectivity index (χ3v) is 5.33. The lowest BCUT2D eigenvalue weighted by Gasteiger charge is -2.20. The van der Waals surface area contributed by atoms with Crippen LogP contribution in [-0.2, 0) is 4.79 Å². The lowest BCUT2D eigenvalue weighted by molar-refractivity contribution is -0.114. The number of amides is 2. The average Bonchev–Trinajstić information content (AvgIpc) is 2.99. The van der Waals surface area contributed by atoms with Gasteiger partial charge in [0.05, 0.1) is 6.54 Å². The molecule has 0 spiro atoms. The zero-order valence-corrected chi connectivity index (χ0v) is 16.8. The monoisotopic (exact) mass is 379 g/mol. The van der Waals surface area contributed by atoms with E-state index in [0.717, 1.165) is 48.4 Å². The van der Waals surface area contributed by atoms with Crippen molar-refractivity contribution >= 4 is 23.2 Å². The molecule has 3 rings (SSSR count). The molecule has 2 aromatic rings. The van der Waals surface area contributed by atoms with Gasteiger partial charge < -0.3 is 15.5 Å². The topological polar surface area (TPSA) is 61.4 Å². The summed E-state index contributed by atoms with van der Waals surface area (Å²) in [5, 5.41) is 6.07. The maximum Gasteiger partial charge on any atom is 0.253 e. The fourth-order valence-corrected chi connectivity index (χ4v) is 3.48. The SMILES string of the molecule is Cc1cccc(NC(=O)CNc2cccc(C(=O)N3CCCCCC3)c2)c1C. The molecule has 1 aliphatic rings. The number of benzene rings is 2. The Kier molecular flexibility index (Phi) is 6.69. The van der Waals surface area contributed by atoms with Crippen LogP contribution in [0.5, 0.6) is 0 Å². The van der Waals surface area contributed by atoms with Gasteiger partial charge in [0, 0.05) is 30.0 Å². The maximum atomic E-state index is 12.8. The summed E-state index contributed by atoms with van der Waals surface area (Å²) in [5.74, 6) is -0.0386. The van der Waals surface area contributed by atoms with Gasteiger partial charge in [-0.15, -0.1) is 0 Å². The van der Waals surface area contributed by atoms with Crippen molar-refractivity contribution in [1.29, 1.82) is 0 Å². The molecule has 148 valence electrons. The van der Waals surface area contributed by atoms with Crippen molar-refractivity contribution in [3.63, 3.8) is 0 Å². The quantitative estimate of drug-likeness (QED) is 0.811. The third-order valence-electron chi connectivity index (χ3n) is 5.33. The number of carbonyl (C=O) groups excluding carboxylic acids is 2. The number of rotatable bonds is 5. The summed E-state index contributed by atoms with van der Waals surface area (Å²) in [4.78, 5) is 27.0. The maximum absolute atomic E-state index is 12.8. The first kappa shape index (κ1) is 19.9. The number of aryl methyl sites for hydroxylation is 1. The number of nitrogens with one attached hydrogen (secondary N) is 2. The van der Waals surface area contributed by atoms with Crippen LogP contribution in [0.3, 0.4) is 0 Å². The fraction of sp³-hybridized carbons (Fsp3) is 0.391. The second-order valence-corrected chi connectivity index (χ2v) is 7.44. The summed E-state index contributed by atoms with van der Waals surface area (Å²) in [6, 6.07) is 13.3. The molecule has 0 atom stereocenters. The molecule has 28 heavy (non-hydrogen) atoms. The van der Waals surface area contributed by atoms with E-state index in [1.165, 1.54) is 12.8 Å². The highest BCUT2D eigenvalue weighted by atomic mass is 16.2. The number of likely N-dealkylation sites (tertiary alicyclic amines) is 1. The smallest absolute Gasteiger partial charge is 0.253 e. The Balaban J connectivity index is 1.59. The van der Waals surface area contributed by atoms with Gasteiger partial charge in [0.15, 0.2) is 0 Å². The zero-order chi connectivity index (χ0) is 19.9. The molecule has 1 saturated heterocycles. The van der Waals surface area contributed by atoms with Crippen molar-refractivity contribution in [2.75, 3.05) is 30.3 Å². The van der Waals surface area contributed by atoms with Gasteiger partial charge in [-0.2, -0.15) is 0 Å². The Hall–Kier alpha value is -2.82. The first-order chi connectivity index (χ1) is 13.5. The van der Waals surface area contributed by atoms with Gasteiger partial charge in [0.1, 0.15) is 0 Å². The summed E-state index contributed by atoms with van der Waals surface area (Å²) in [6.45, 7) is 5.82. The lowest BCUT2D eigenvalue weighted by Crippen LogP contribution is -2.31. The van der Waals surface area contributed by atoms with Crippen molar-refractivity contribution in [1.82, 2.24) is 4.90 Å². The van der Waals surface area contributed by atoms with Gasteiger partial charge in [0.2, 0.25) is 5.91 Å². The Morgan fingerprint density at radius 2 is 1.68 bits per heavy atom. The standard InChI is InChI=1S/C23H29N3O2/c1-17-9-7-12-21(18(17)2)25-22(27)16-24-20-11-8-10-19(15-20)23(28)26-13-5-3-4-6-14-26/h7-12,15,24H,3-6,13-14,16H2,1-2H3,(H,25,27). The predicted molar refractivity (Wildman–Crippen MR) is 114 cm³/mol. The third kappa shape index (κ3) is 5.12. The number of hydrogen-bond acceptors (Lipinski definition) is 3. The minimum atomic E-state index is -0.113. The van der Waals surface area contributed by atoms with Crippen molar-refractivity contribution in [2.24, 2.45) is 0 Å². The molecule has 5 nitrogen and oxygen atoms in total. The Bertz CT molecular complexity index is 839. The Morgan fingerprint density at radius 3 is 2.43 bits per heavy atom. The summed E-state index contributed by atoms with van der Waals surface area (Å²) in [6.07, 6.45) is 4.53. The molecule has 5 heteroatoms. The van der Waals surface area contributed by atoms with E-state index in [-0.39, 0.29) is 18.4 Å². The van der Waals surface area contributed by atoms with Crippen molar-refractivity contribution < 1.29 is 9.59 Å². The average molecular weight is 380 g/mol. The van der Waals surface area contributed by atoms with E-state index in [0.29, 0.717) is 5.56 Å². The summed E-state index contributed by atoms with van der Waals surface area (Å²) >= 11 is 0. The molecule has 2 amide bonds. The number of carbonyl (C=O) groups is 2. The molecule has 0 aromatic heterocycles. The molecule has 0 unspecified atom stereocenters. The van der Waals surface area contributed by atoms with Crippen LogP contribution >= 0.6 is 0 Å². The van der Waals surface area contributed by atoms with Gasteiger partial charge in [0.25, 0.3) is 5.91 Å². The fourth-order valence-electron chi connectivity index (χ4n) is 3.48. The van der Waals surface area contributed by atoms with Crippen LogP contribution in [0.15, 0.2) is 42.5 Å². The predicted octanol–water partition coefficient (Wildman–Crippen LogP) is 4.37. The largest absolute Gasteiger partial charge is 0.376 e. The van der Waals surface area contributed by atoms with Crippen LogP contribution in [-0.4, -0.2) is 36.3 Å².